The number of carbonyl (C=O) groups is 3. The van der Waals surface area contributed by atoms with Gasteiger partial charge in [-0.05, 0) is 49.6 Å². The maximum atomic E-state index is 13.9. The number of ketones is 3. The Morgan fingerprint density at radius 3 is 2.88 bits per heavy atom. The van der Waals surface area contributed by atoms with E-state index in [4.69, 9.17) is 9.60 Å². The highest BCUT2D eigenvalue weighted by molar-refractivity contribution is 6.02. The Labute approximate surface area is 164 Å². The van der Waals surface area contributed by atoms with Crippen LogP contribution in [0.15, 0.2) is 23.8 Å². The first-order valence-corrected chi connectivity index (χ1v) is 8.66. The first-order chi connectivity index (χ1) is 15.2. The molecule has 0 heterocycles. The molecule has 4 aliphatic carbocycles. The van der Waals surface area contributed by atoms with Crippen molar-refractivity contribution in [2.45, 2.75) is 51.5 Å². The van der Waals surface area contributed by atoms with Crippen LogP contribution in [-0.2, 0) is 14.4 Å². The molecule has 0 bridgehead atoms. The van der Waals surface area contributed by atoms with Gasteiger partial charge in [-0.25, -0.2) is 0 Å². The number of Topliss-reactive ketones (excluding diaryl/α,β-unsaturated/α-hetero) is 2. The molecular formula is C21H26O5. The molecule has 0 radical (unpaired) electrons. The van der Waals surface area contributed by atoms with E-state index in [9.17, 15) is 26.0 Å². The molecule has 7 atom stereocenters. The molecule has 3 saturated carbocycles. The summed E-state index contributed by atoms with van der Waals surface area (Å²) in [7, 11) is 0. The SMILES string of the molecule is [2H]C1=CC2(C)C(=C([2H])C1=O)[C@H]([2H])CC1C3CC[C@](O)(C(=O)C([2H])([2H])O)C3(C)C([2H])([2H])C(=O)C12[2H]. The molecular weight excluding hydrogens is 332 g/mol. The van der Waals surface area contributed by atoms with Gasteiger partial charge in [0.05, 0.1) is 5.48 Å². The fourth-order valence-electron chi connectivity index (χ4n) is 5.34. The van der Waals surface area contributed by atoms with E-state index >= 15 is 0 Å². The number of fused-ring (bicyclic) bond motifs is 5. The van der Waals surface area contributed by atoms with Crippen LogP contribution in [0.4, 0.5) is 0 Å². The fraction of sp³-hybridized carbons (Fsp3) is 0.667. The topological polar surface area (TPSA) is 91.7 Å². The van der Waals surface area contributed by atoms with Gasteiger partial charge in [0.1, 0.15) is 17.9 Å². The number of rotatable bonds is 2. The largest absolute Gasteiger partial charge is 0.388 e. The van der Waals surface area contributed by atoms with E-state index < -0.39 is 89.4 Å². The van der Waals surface area contributed by atoms with Crippen LogP contribution >= 0.6 is 0 Å². The number of allylic oxidation sites excluding steroid dienone is 4. The molecule has 4 rings (SSSR count). The highest BCUT2D eigenvalue weighted by Crippen LogP contribution is 2.66. The Bertz CT molecular complexity index is 1100. The van der Waals surface area contributed by atoms with E-state index in [1.54, 1.807) is 0 Å². The van der Waals surface area contributed by atoms with E-state index in [1.165, 1.54) is 6.92 Å². The molecule has 0 aromatic rings. The molecule has 0 spiro atoms. The zero-order valence-electron chi connectivity index (χ0n) is 22.5. The molecule has 2 N–H and O–H groups in total. The third kappa shape index (κ3) is 2.01. The summed E-state index contributed by atoms with van der Waals surface area (Å²) < 4.78 is 66.6. The lowest BCUT2D eigenvalue weighted by molar-refractivity contribution is -0.168. The lowest BCUT2D eigenvalue weighted by Crippen LogP contribution is -2.60. The van der Waals surface area contributed by atoms with Crippen molar-refractivity contribution >= 4 is 17.3 Å². The first kappa shape index (κ1) is 10.7. The van der Waals surface area contributed by atoms with Crippen molar-refractivity contribution in [2.24, 2.45) is 28.6 Å². The van der Waals surface area contributed by atoms with Crippen LogP contribution in [0.2, 0.25) is 0 Å². The van der Waals surface area contributed by atoms with Gasteiger partial charge in [-0.1, -0.05) is 25.5 Å². The molecule has 5 heteroatoms. The van der Waals surface area contributed by atoms with Crippen molar-refractivity contribution in [1.29, 1.82) is 0 Å². The Balaban J connectivity index is 1.99. The molecule has 0 amide bonds. The predicted octanol–water partition coefficient (Wildman–Crippen LogP) is 1.77. The van der Waals surface area contributed by atoms with Gasteiger partial charge in [0.2, 0.25) is 0 Å². The Kier molecular flexibility index (Phi) is 2.24. The van der Waals surface area contributed by atoms with Gasteiger partial charge in [-0.3, -0.25) is 14.4 Å². The van der Waals surface area contributed by atoms with E-state index in [0.717, 1.165) is 13.0 Å². The monoisotopic (exact) mass is 366 g/mol. The Hall–Kier alpha value is -1.59. The third-order valence-corrected chi connectivity index (χ3v) is 6.80. The van der Waals surface area contributed by atoms with Crippen LogP contribution in [0, 0.1) is 28.6 Å². The average molecular weight is 366 g/mol. The summed E-state index contributed by atoms with van der Waals surface area (Å²) in [6.45, 7) is -1.02. The number of hydrogen-bond acceptors (Lipinski definition) is 5. The van der Waals surface area contributed by atoms with Crippen molar-refractivity contribution in [2.75, 3.05) is 6.56 Å². The third-order valence-electron chi connectivity index (χ3n) is 6.80. The minimum Gasteiger partial charge on any atom is -0.388 e. The van der Waals surface area contributed by atoms with Gasteiger partial charge < -0.3 is 10.2 Å². The molecule has 0 aromatic carbocycles. The summed E-state index contributed by atoms with van der Waals surface area (Å²) in [5, 5.41) is 21.1. The lowest BCUT2D eigenvalue weighted by Gasteiger charge is -2.56. The van der Waals surface area contributed by atoms with Crippen LogP contribution in [-0.4, -0.2) is 39.7 Å². The second kappa shape index (κ2) is 5.46. The minimum absolute atomic E-state index is 0.0845. The summed E-state index contributed by atoms with van der Waals surface area (Å²) in [5.74, 6) is -8.48. The maximum absolute atomic E-state index is 13.9. The van der Waals surface area contributed by atoms with Gasteiger partial charge in [-0.15, -0.1) is 0 Å². The molecule has 5 unspecified atom stereocenters. The highest BCUT2D eigenvalue weighted by Gasteiger charge is 2.68. The number of aliphatic hydroxyl groups is 2. The van der Waals surface area contributed by atoms with Crippen molar-refractivity contribution in [3.05, 3.63) is 23.8 Å². The summed E-state index contributed by atoms with van der Waals surface area (Å²) in [6.07, 6.45) is -4.04. The smallest absolute Gasteiger partial charge is 0.190 e. The van der Waals surface area contributed by atoms with Crippen LogP contribution in [0.5, 0.6) is 0 Å². The van der Waals surface area contributed by atoms with Gasteiger partial charge >= 0.3 is 0 Å². The van der Waals surface area contributed by atoms with Crippen LogP contribution in [0.25, 0.3) is 0 Å². The molecule has 4 aliphatic rings. The van der Waals surface area contributed by atoms with E-state index in [-0.39, 0.29) is 18.4 Å². The van der Waals surface area contributed by atoms with Crippen molar-refractivity contribution in [1.82, 2.24) is 0 Å². The normalized spacial score (nSPS) is 60.5. The van der Waals surface area contributed by atoms with E-state index in [2.05, 4.69) is 0 Å². The molecule has 0 saturated heterocycles. The average Bonchev–Trinajstić information content (AvgIpc) is 2.99. The van der Waals surface area contributed by atoms with Crippen molar-refractivity contribution in [3.8, 4) is 0 Å². The summed E-state index contributed by atoms with van der Waals surface area (Å²) in [6, 6.07) is -1.29. The summed E-state index contributed by atoms with van der Waals surface area (Å²) in [4.78, 5) is 39.0. The van der Waals surface area contributed by atoms with Gasteiger partial charge in [-0.2, -0.15) is 0 Å². The summed E-state index contributed by atoms with van der Waals surface area (Å²) >= 11 is 0. The molecule has 0 aliphatic heterocycles. The fourth-order valence-corrected chi connectivity index (χ4v) is 5.34. The van der Waals surface area contributed by atoms with E-state index in [0.29, 0.717) is 0 Å². The standard InChI is InChI=1S/C21H26O5/c1-19-7-5-13(23)9-12(19)3-4-14-15-6-8-21(26,17(25)11-22)20(15,2)10-16(24)18(14)19/h5,7,9,14-15,18,22,26H,3-4,6,8,10-11H2,1-2H3/t14?,15?,18?,19?,20?,21-/m0/s1/i3D,5D,9D,10D2,11D2,18D/t3-,14?,15?,18?,19?,20?,21+/m1. The molecule has 26 heavy (non-hydrogen) atoms. The second-order valence-electron chi connectivity index (χ2n) is 7.92. The quantitative estimate of drug-likeness (QED) is 0.777. The lowest BCUT2D eigenvalue weighted by atomic mass is 9.46. The van der Waals surface area contributed by atoms with Crippen LogP contribution in [0.3, 0.4) is 0 Å². The zero-order chi connectivity index (χ0) is 26.0. The van der Waals surface area contributed by atoms with Gasteiger partial charge in [0, 0.05) is 28.6 Å². The number of carbonyl (C=O) groups excluding carboxylic acids is 3. The maximum Gasteiger partial charge on any atom is 0.190 e. The minimum atomic E-state index is -3.50. The van der Waals surface area contributed by atoms with Gasteiger partial charge in [0.25, 0.3) is 0 Å². The second-order valence-corrected chi connectivity index (χ2v) is 7.92. The molecule has 0 aromatic heterocycles. The summed E-state index contributed by atoms with van der Waals surface area (Å²) in [5.41, 5.74) is -6.95. The van der Waals surface area contributed by atoms with Crippen LogP contribution < -0.4 is 0 Å². The van der Waals surface area contributed by atoms with Crippen LogP contribution in [0.1, 0.15) is 56.8 Å². The van der Waals surface area contributed by atoms with Crippen molar-refractivity contribution in [3.63, 3.8) is 0 Å². The Morgan fingerprint density at radius 2 is 2.19 bits per heavy atom. The predicted molar refractivity (Wildman–Crippen MR) is 94.0 cm³/mol. The zero-order valence-corrected chi connectivity index (χ0v) is 14.5. The highest BCUT2D eigenvalue weighted by atomic mass is 16.3. The molecule has 5 nitrogen and oxygen atoms in total. The molecule has 3 fully saturated rings. The number of hydrogen-bond donors (Lipinski definition) is 2. The van der Waals surface area contributed by atoms with Crippen molar-refractivity contribution < 1.29 is 35.6 Å². The van der Waals surface area contributed by atoms with E-state index in [1.807, 2.05) is 0 Å². The first-order valence-electron chi connectivity index (χ1n) is 12.7. The van der Waals surface area contributed by atoms with Gasteiger partial charge in [0.15, 0.2) is 11.6 Å². The Morgan fingerprint density at radius 1 is 1.46 bits per heavy atom. The molecule has 140 valence electrons.